The first-order valence-electron chi connectivity index (χ1n) is 40.2. The van der Waals surface area contributed by atoms with Gasteiger partial charge in [0.25, 0.3) is 0 Å². The van der Waals surface area contributed by atoms with Crippen molar-refractivity contribution in [2.75, 3.05) is 46.2 Å². The maximum Gasteiger partial charge on any atom is 1.00 e. The Kier molecular flexibility index (Phi) is 40.2. The number of nitrogens with zero attached hydrogens (tertiary/aromatic N) is 11. The van der Waals surface area contributed by atoms with Gasteiger partial charge in [0.1, 0.15) is 40.7 Å². The minimum Gasteiger partial charge on any atom is -0.870 e. The van der Waals surface area contributed by atoms with E-state index in [0.29, 0.717) is 53.9 Å². The minimum atomic E-state index is -1.14. The van der Waals surface area contributed by atoms with Crippen molar-refractivity contribution in [3.8, 4) is 11.3 Å². The van der Waals surface area contributed by atoms with E-state index in [0.717, 1.165) is 109 Å². The van der Waals surface area contributed by atoms with Gasteiger partial charge < -0.3 is 61.8 Å². The second-order valence-electron chi connectivity index (χ2n) is 35.9. The second-order valence-corrected chi connectivity index (χ2v) is 55.5. The summed E-state index contributed by atoms with van der Waals surface area (Å²) < 4.78 is 80.5. The number of H-pyrrole nitrogens is 1. The molecular formula is C83H129B3Br2IN12NaO15Si3. The molecule has 10 heterocycles. The predicted molar refractivity (Wildman–Crippen MR) is 500 cm³/mol. The number of rotatable bonds is 22. The average molecular weight is 1960 g/mol. The number of halogens is 3. The van der Waals surface area contributed by atoms with Crippen LogP contribution in [0.2, 0.25) is 77.1 Å². The van der Waals surface area contributed by atoms with Crippen molar-refractivity contribution < 1.29 is 101 Å². The van der Waals surface area contributed by atoms with E-state index in [1.54, 1.807) is 55.9 Å². The molecule has 0 amide bonds. The first-order chi connectivity index (χ1) is 54.7. The first kappa shape index (κ1) is 106. The van der Waals surface area contributed by atoms with Gasteiger partial charge in [-0.1, -0.05) is 127 Å². The van der Waals surface area contributed by atoms with Gasteiger partial charge in [-0.3, -0.25) is 14.5 Å². The number of esters is 2. The quantitative estimate of drug-likeness (QED) is 0.0285. The minimum absolute atomic E-state index is 0. The molecule has 14 rings (SSSR count). The van der Waals surface area contributed by atoms with Gasteiger partial charge >= 0.3 is 62.6 Å². The molecule has 0 saturated carbocycles. The van der Waals surface area contributed by atoms with Crippen molar-refractivity contribution in [3.05, 3.63) is 134 Å². The number of carbonyl (C=O) groups excluding carboxylic acids is 2. The number of benzene rings is 4. The van der Waals surface area contributed by atoms with Gasteiger partial charge in [0, 0.05) is 125 Å². The molecule has 4 aromatic carbocycles. The average Bonchev–Trinajstić information content (AvgIpc) is 1.59. The normalized spacial score (nSPS) is 16.5. The molecule has 0 spiro atoms. The molecule has 37 heteroatoms. The predicted octanol–water partition coefficient (Wildman–Crippen LogP) is 15.7. The number of hydrogen-bond donors (Lipinski definition) is 1. The van der Waals surface area contributed by atoms with Gasteiger partial charge in [0.2, 0.25) is 0 Å². The zero-order chi connectivity index (χ0) is 86.3. The molecule has 2 N–H and O–H groups in total. The fourth-order valence-corrected chi connectivity index (χ4v) is 16.0. The number of aromatic nitrogens is 12. The van der Waals surface area contributed by atoms with Gasteiger partial charge in [0.15, 0.2) is 0 Å². The van der Waals surface area contributed by atoms with Crippen molar-refractivity contribution in [2.45, 2.75) is 248 Å². The van der Waals surface area contributed by atoms with Crippen LogP contribution in [0.1, 0.15) is 138 Å². The number of carbonyl (C=O) groups is 2. The van der Waals surface area contributed by atoms with E-state index in [4.69, 9.17) is 56.3 Å². The summed E-state index contributed by atoms with van der Waals surface area (Å²) in [6.45, 7) is 55.6. The maximum atomic E-state index is 12.4. The number of ether oxygens (including phenoxy) is 6. The second kappa shape index (κ2) is 45.6. The summed E-state index contributed by atoms with van der Waals surface area (Å²) in [6.07, 6.45) is 13.3. The molecule has 4 saturated heterocycles. The molecule has 6 aromatic heterocycles. The molecule has 4 fully saturated rings. The number of aryl methyl sites for hydroxylation is 2. The number of para-hydroxylation sites is 4. The Morgan fingerprint density at radius 2 is 0.883 bits per heavy atom. The van der Waals surface area contributed by atoms with Crippen LogP contribution >= 0.6 is 54.5 Å². The molecule has 10 aromatic rings. The maximum absolute atomic E-state index is 12.4. The first-order valence-corrected chi connectivity index (χ1v) is 54.0. The Bertz CT molecular complexity index is 4800. The van der Waals surface area contributed by atoms with Gasteiger partial charge in [-0.05, 0) is 194 Å². The Morgan fingerprint density at radius 1 is 0.508 bits per heavy atom. The molecule has 0 aliphatic carbocycles. The molecule has 0 bridgehead atoms. The monoisotopic (exact) mass is 1960 g/mol. The third-order valence-corrected chi connectivity index (χ3v) is 28.2. The Hall–Kier alpha value is -4.78. The van der Waals surface area contributed by atoms with Gasteiger partial charge in [-0.15, -0.1) is 0 Å². The Morgan fingerprint density at radius 3 is 1.30 bits per heavy atom. The summed E-state index contributed by atoms with van der Waals surface area (Å²) in [5, 5.41) is 33.0. The molecule has 0 unspecified atom stereocenters. The van der Waals surface area contributed by atoms with E-state index in [2.05, 4.69) is 172 Å². The molecule has 0 radical (unpaired) electrons. The Balaban J connectivity index is 0.000000259. The van der Waals surface area contributed by atoms with Crippen LogP contribution in [0.3, 0.4) is 0 Å². The molecule has 654 valence electrons. The van der Waals surface area contributed by atoms with E-state index >= 15 is 0 Å². The molecule has 0 atom stereocenters. The van der Waals surface area contributed by atoms with Crippen molar-refractivity contribution in [1.82, 2.24) is 59.1 Å². The summed E-state index contributed by atoms with van der Waals surface area (Å²) in [6, 6.07) is 27.6. The van der Waals surface area contributed by atoms with E-state index in [1.807, 2.05) is 165 Å². The molecule has 120 heavy (non-hydrogen) atoms. The van der Waals surface area contributed by atoms with Gasteiger partial charge in [0.05, 0.1) is 93.7 Å². The van der Waals surface area contributed by atoms with Crippen LogP contribution in [-0.4, -0.2) is 202 Å². The van der Waals surface area contributed by atoms with Crippen LogP contribution in [0.25, 0.3) is 54.9 Å². The zero-order valence-electron chi connectivity index (χ0n) is 74.9. The number of nitrogens with one attached hydrogen (secondary N) is 1. The fourth-order valence-electron chi connectivity index (χ4n) is 11.9. The van der Waals surface area contributed by atoms with E-state index in [-0.39, 0.29) is 88.0 Å². The largest absolute Gasteiger partial charge is 1.00 e. The van der Waals surface area contributed by atoms with Crippen LogP contribution in [-0.2, 0) is 90.6 Å². The molecule has 4 aliphatic heterocycles. The third-order valence-electron chi connectivity index (χ3n) is 21.0. The smallest absolute Gasteiger partial charge is 0.870 e. The van der Waals surface area contributed by atoms with Gasteiger partial charge in [-0.25, -0.2) is 23.6 Å². The van der Waals surface area contributed by atoms with Crippen LogP contribution in [0.5, 0.6) is 0 Å². The van der Waals surface area contributed by atoms with Crippen LogP contribution in [0.4, 0.5) is 0 Å². The van der Waals surface area contributed by atoms with Crippen LogP contribution in [0, 0.1) is 3.70 Å². The van der Waals surface area contributed by atoms with Gasteiger partial charge in [-0.2, -0.15) is 30.6 Å². The fraction of sp³-hybridized carbons (Fsp3) is 0.566. The van der Waals surface area contributed by atoms with Crippen molar-refractivity contribution in [3.63, 3.8) is 0 Å². The van der Waals surface area contributed by atoms with E-state index < -0.39 is 45.4 Å². The summed E-state index contributed by atoms with van der Waals surface area (Å²) in [4.78, 5) is 23.6. The van der Waals surface area contributed by atoms with E-state index in [9.17, 15) is 9.59 Å². The van der Waals surface area contributed by atoms with E-state index in [1.165, 1.54) is 18.9 Å². The summed E-state index contributed by atoms with van der Waals surface area (Å²) in [7, 11) is -1.03. The Labute approximate surface area is 767 Å². The van der Waals surface area contributed by atoms with Crippen molar-refractivity contribution in [1.29, 1.82) is 0 Å². The SMILES string of the molecule is Brc1cccc2cn[nH]c12.C.C1CCOC1.CC1(C)OB(B2OC(C)(C)C(C)(C)O2)OC1(C)C.CC1(C)OB(c2cccc3cnn(COCC[Si](C)(C)C)c23)OC1(C)C.CCOC(=O)c1cn(C)nc1-c1cccc2cnn(COCC[Si](C)(C)C)c12.CCOC(=O)c1cn(C)nc1I.C[Si](C)(C)CCOCn1ncc2cccc(Br)c21.[Na+].[OH-]. The molecule has 27 nitrogen and oxygen atoms in total. The zero-order valence-corrected chi connectivity index (χ0v) is 85.3. The number of hydrogen-bond acceptors (Lipinski definition) is 21. The summed E-state index contributed by atoms with van der Waals surface area (Å²) in [5.74, 6) is -0.685. The van der Waals surface area contributed by atoms with Crippen molar-refractivity contribution in [2.24, 2.45) is 14.1 Å². The van der Waals surface area contributed by atoms with Crippen LogP contribution in [0.15, 0.2) is 119 Å². The molecule has 4 aliphatic rings. The number of fused-ring (bicyclic) bond motifs is 4. The summed E-state index contributed by atoms with van der Waals surface area (Å²) in [5.41, 5.74) is 5.34. The third kappa shape index (κ3) is 29.4. The van der Waals surface area contributed by atoms with Crippen molar-refractivity contribution >= 4 is 161 Å². The number of aromatic amines is 1. The molecular weight excluding hydrogens is 1830 g/mol. The standard InChI is InChI=1S/C20H28N4O3Si.C19H31BN2O3Si.C13H19BrN2OSi.C12H24B2O4.C7H5BrN2.C7H9IN2O2.C4H8O.CH4.Na.H2O/c1-6-27-20(25)17-13-23(2)22-18(17)16-9-7-8-15-12-21-24(19(15)16)14-26-10-11-28(3,4)5;1-18(2)19(3,4)25-20(24-18)16-10-8-9-15-13-21-22(17(15)16)14-23-11-12-26(5,6)7;1-18(2,3)8-7-17-10-16-13-11(9-15-16)5-4-6-12(13)14;1-9(2)10(3,4)16-13(15-9)14-17-11(5,6)12(7,8)18-14;8-6-3-1-2-5-4-9-10-7(5)6;1-3-12-7(11)5-4-10(2)9-6(5)8;1-2-4-5-3-1;;;/h7-9,12-13H,6,10-11,14H2,1-5H3;8-10,13H,11-12,14H2,1-7H3;4-6,9H,7-8,10H2,1-3H3;1-8H3;1-4H,(H,9,10);4H,3H2,1-2H3;1-4H2;1H4;;1H2/q;;;;;;;;+1;/p-1. The topological polar surface area (TPSA) is 293 Å². The summed E-state index contributed by atoms with van der Waals surface area (Å²) >= 11 is 8.97. The van der Waals surface area contributed by atoms with Crippen LogP contribution < -0.4 is 35.0 Å².